The Bertz CT molecular complexity index is 336. The number of rotatable bonds is 6. The van der Waals surface area contributed by atoms with Crippen LogP contribution in [0.15, 0.2) is 4.52 Å². The molecule has 0 radical (unpaired) electrons. The SMILES string of the molecule is COC(C)Cc1noc(CC(O)C2CC2)n1. The van der Waals surface area contributed by atoms with E-state index < -0.39 is 0 Å². The molecule has 5 nitrogen and oxygen atoms in total. The van der Waals surface area contributed by atoms with Gasteiger partial charge in [0.2, 0.25) is 5.89 Å². The second-order valence-electron chi connectivity index (χ2n) is 4.46. The van der Waals surface area contributed by atoms with Crippen molar-refractivity contribution in [3.63, 3.8) is 0 Å². The van der Waals surface area contributed by atoms with Crippen molar-refractivity contribution >= 4 is 0 Å². The second kappa shape index (κ2) is 4.93. The Hall–Kier alpha value is -0.940. The van der Waals surface area contributed by atoms with E-state index in [2.05, 4.69) is 10.1 Å². The number of hydrogen-bond donors (Lipinski definition) is 1. The van der Waals surface area contributed by atoms with Crippen molar-refractivity contribution in [1.82, 2.24) is 10.1 Å². The molecule has 2 unspecified atom stereocenters. The van der Waals surface area contributed by atoms with E-state index >= 15 is 0 Å². The van der Waals surface area contributed by atoms with Gasteiger partial charge in [-0.15, -0.1) is 0 Å². The molecule has 0 aromatic carbocycles. The molecule has 2 rings (SSSR count). The summed E-state index contributed by atoms with van der Waals surface area (Å²) in [4.78, 5) is 4.23. The quantitative estimate of drug-likeness (QED) is 0.782. The first-order chi connectivity index (χ1) is 7.69. The summed E-state index contributed by atoms with van der Waals surface area (Å²) in [6, 6.07) is 0. The molecule has 1 aliphatic rings. The van der Waals surface area contributed by atoms with Crippen molar-refractivity contribution in [1.29, 1.82) is 0 Å². The zero-order valence-corrected chi connectivity index (χ0v) is 9.72. The maximum atomic E-state index is 9.73. The van der Waals surface area contributed by atoms with Crippen LogP contribution in [-0.4, -0.2) is 34.6 Å². The molecule has 0 saturated heterocycles. The van der Waals surface area contributed by atoms with Gasteiger partial charge in [0.05, 0.1) is 18.6 Å². The minimum absolute atomic E-state index is 0.0822. The van der Waals surface area contributed by atoms with Gasteiger partial charge in [-0.1, -0.05) is 5.16 Å². The summed E-state index contributed by atoms with van der Waals surface area (Å²) in [5.74, 6) is 1.61. The Labute approximate surface area is 94.8 Å². The maximum absolute atomic E-state index is 9.73. The number of aromatic nitrogens is 2. The molecule has 1 N–H and O–H groups in total. The van der Waals surface area contributed by atoms with Crippen molar-refractivity contribution in [3.8, 4) is 0 Å². The number of nitrogens with zero attached hydrogens (tertiary/aromatic N) is 2. The highest BCUT2D eigenvalue weighted by molar-refractivity contribution is 4.92. The van der Waals surface area contributed by atoms with Crippen LogP contribution >= 0.6 is 0 Å². The summed E-state index contributed by atoms with van der Waals surface area (Å²) in [7, 11) is 1.66. The third-order valence-electron chi connectivity index (χ3n) is 2.93. The molecule has 1 heterocycles. The minimum atomic E-state index is -0.326. The molecular weight excluding hydrogens is 208 g/mol. The molecule has 90 valence electrons. The van der Waals surface area contributed by atoms with Gasteiger partial charge in [0.25, 0.3) is 0 Å². The molecule has 5 heteroatoms. The highest BCUT2D eigenvalue weighted by Crippen LogP contribution is 2.33. The number of ether oxygens (including phenoxy) is 1. The molecule has 0 spiro atoms. The van der Waals surface area contributed by atoms with Crippen LogP contribution in [0.25, 0.3) is 0 Å². The smallest absolute Gasteiger partial charge is 0.229 e. The summed E-state index contributed by atoms with van der Waals surface area (Å²) < 4.78 is 10.2. The largest absolute Gasteiger partial charge is 0.392 e. The number of methoxy groups -OCH3 is 1. The van der Waals surface area contributed by atoms with Crippen LogP contribution in [0.2, 0.25) is 0 Å². The van der Waals surface area contributed by atoms with E-state index in [9.17, 15) is 5.11 Å². The van der Waals surface area contributed by atoms with Crippen LogP contribution in [0.4, 0.5) is 0 Å². The van der Waals surface area contributed by atoms with Gasteiger partial charge in [-0.05, 0) is 25.7 Å². The fourth-order valence-electron chi connectivity index (χ4n) is 1.62. The van der Waals surface area contributed by atoms with Crippen molar-refractivity contribution in [2.75, 3.05) is 7.11 Å². The minimum Gasteiger partial charge on any atom is -0.392 e. The van der Waals surface area contributed by atoms with Crippen LogP contribution in [0.5, 0.6) is 0 Å². The van der Waals surface area contributed by atoms with Crippen LogP contribution in [0, 0.1) is 5.92 Å². The Kier molecular flexibility index (Phi) is 3.56. The van der Waals surface area contributed by atoms with Gasteiger partial charge < -0.3 is 14.4 Å². The average molecular weight is 226 g/mol. The fourth-order valence-corrected chi connectivity index (χ4v) is 1.62. The Balaban J connectivity index is 1.86. The Morgan fingerprint density at radius 3 is 2.88 bits per heavy atom. The predicted molar refractivity (Wildman–Crippen MR) is 56.9 cm³/mol. The van der Waals surface area contributed by atoms with E-state index in [1.165, 1.54) is 0 Å². The molecule has 1 aromatic heterocycles. The highest BCUT2D eigenvalue weighted by atomic mass is 16.5. The van der Waals surface area contributed by atoms with E-state index in [0.29, 0.717) is 30.5 Å². The molecular formula is C11H18N2O3. The monoisotopic (exact) mass is 226 g/mol. The van der Waals surface area contributed by atoms with Crippen LogP contribution < -0.4 is 0 Å². The summed E-state index contributed by atoms with van der Waals surface area (Å²) in [5, 5.41) is 13.6. The molecule has 1 aromatic rings. The topological polar surface area (TPSA) is 68.4 Å². The van der Waals surface area contributed by atoms with Gasteiger partial charge in [-0.2, -0.15) is 4.98 Å². The summed E-state index contributed by atoms with van der Waals surface area (Å²) in [6.07, 6.45) is 3.09. The zero-order valence-electron chi connectivity index (χ0n) is 9.72. The van der Waals surface area contributed by atoms with Crippen LogP contribution in [0.1, 0.15) is 31.5 Å². The highest BCUT2D eigenvalue weighted by Gasteiger charge is 2.31. The molecule has 0 aliphatic heterocycles. The molecule has 1 aliphatic carbocycles. The predicted octanol–water partition coefficient (Wildman–Crippen LogP) is 0.960. The van der Waals surface area contributed by atoms with Crippen molar-refractivity contribution in [2.24, 2.45) is 5.92 Å². The van der Waals surface area contributed by atoms with Crippen molar-refractivity contribution in [2.45, 2.75) is 44.8 Å². The molecule has 16 heavy (non-hydrogen) atoms. The van der Waals surface area contributed by atoms with Crippen LogP contribution in [-0.2, 0) is 17.6 Å². The molecule has 0 bridgehead atoms. The Morgan fingerprint density at radius 1 is 1.50 bits per heavy atom. The van der Waals surface area contributed by atoms with E-state index in [-0.39, 0.29) is 12.2 Å². The second-order valence-corrected chi connectivity index (χ2v) is 4.46. The standard InChI is InChI=1S/C11H18N2O3/c1-7(15-2)5-10-12-11(16-13-10)6-9(14)8-3-4-8/h7-9,14H,3-6H2,1-2H3. The van der Waals surface area contributed by atoms with Crippen molar-refractivity contribution in [3.05, 3.63) is 11.7 Å². The normalized spacial score (nSPS) is 19.7. The number of hydrogen-bond acceptors (Lipinski definition) is 5. The van der Waals surface area contributed by atoms with E-state index in [0.717, 1.165) is 12.8 Å². The molecule has 1 saturated carbocycles. The summed E-state index contributed by atoms with van der Waals surface area (Å²) in [5.41, 5.74) is 0. The summed E-state index contributed by atoms with van der Waals surface area (Å²) in [6.45, 7) is 1.95. The third-order valence-corrected chi connectivity index (χ3v) is 2.93. The van der Waals surface area contributed by atoms with Crippen molar-refractivity contribution < 1.29 is 14.4 Å². The zero-order chi connectivity index (χ0) is 11.5. The van der Waals surface area contributed by atoms with E-state index in [4.69, 9.17) is 9.26 Å². The Morgan fingerprint density at radius 2 is 2.25 bits per heavy atom. The average Bonchev–Trinajstić information content (AvgIpc) is 3.03. The van der Waals surface area contributed by atoms with Gasteiger partial charge in [0.15, 0.2) is 5.82 Å². The van der Waals surface area contributed by atoms with E-state index in [1.807, 2.05) is 6.92 Å². The first-order valence-corrected chi connectivity index (χ1v) is 5.71. The number of aliphatic hydroxyl groups excluding tert-OH is 1. The molecule has 0 amide bonds. The third kappa shape index (κ3) is 3.02. The van der Waals surface area contributed by atoms with Gasteiger partial charge in [-0.3, -0.25) is 0 Å². The fraction of sp³-hybridized carbons (Fsp3) is 0.818. The van der Waals surface area contributed by atoms with Gasteiger partial charge in [0, 0.05) is 13.5 Å². The van der Waals surface area contributed by atoms with Gasteiger partial charge >= 0.3 is 0 Å². The van der Waals surface area contributed by atoms with Crippen LogP contribution in [0.3, 0.4) is 0 Å². The molecule has 2 atom stereocenters. The molecule has 1 fully saturated rings. The maximum Gasteiger partial charge on any atom is 0.229 e. The van der Waals surface area contributed by atoms with Gasteiger partial charge in [-0.25, -0.2) is 0 Å². The first-order valence-electron chi connectivity index (χ1n) is 5.71. The lowest BCUT2D eigenvalue weighted by atomic mass is 10.2. The lowest BCUT2D eigenvalue weighted by Crippen LogP contribution is -2.13. The van der Waals surface area contributed by atoms with Gasteiger partial charge in [0.1, 0.15) is 0 Å². The first kappa shape index (κ1) is 11.5. The van der Waals surface area contributed by atoms with E-state index in [1.54, 1.807) is 7.11 Å². The number of aliphatic hydroxyl groups is 1. The summed E-state index contributed by atoms with van der Waals surface area (Å²) >= 11 is 0. The lowest BCUT2D eigenvalue weighted by molar-refractivity contribution is 0.116. The lowest BCUT2D eigenvalue weighted by Gasteiger charge is -2.04.